The molecule has 3 aromatic carbocycles. The minimum atomic E-state index is -0.678. The minimum absolute atomic E-state index is 0.104. The number of aromatic amines is 1. The van der Waals surface area contributed by atoms with Crippen LogP contribution in [0.1, 0.15) is 35.2 Å². The fourth-order valence-electron chi connectivity index (χ4n) is 4.82. The highest BCUT2D eigenvalue weighted by Crippen LogP contribution is 2.40. The molecule has 1 aromatic heterocycles. The van der Waals surface area contributed by atoms with E-state index in [1.54, 1.807) is 29.2 Å². The van der Waals surface area contributed by atoms with Crippen molar-refractivity contribution in [2.45, 2.75) is 26.3 Å². The lowest BCUT2D eigenvalue weighted by atomic mass is 9.94. The lowest BCUT2D eigenvalue weighted by Crippen LogP contribution is -2.31. The van der Waals surface area contributed by atoms with Gasteiger partial charge in [-0.05, 0) is 61.7 Å². The first-order valence-electron chi connectivity index (χ1n) is 12.1. The molecule has 6 nitrogen and oxygen atoms in total. The first-order valence-corrected chi connectivity index (χ1v) is 12.1. The standard InChI is InChI=1S/C30H28N2O4/c1-3-36-23-14-12-21(13-15-23)28(33)26-27(20-10-8-19(2)9-11-20)32(30(35)29(26)34)17-16-22-18-31-25-7-5-4-6-24(22)25/h4-15,18,27,31,33H,3,16-17H2,1-2H3/t27-/m1/s1. The second kappa shape index (κ2) is 9.74. The number of carbonyl (C=O) groups is 2. The Balaban J connectivity index is 1.54. The van der Waals surface area contributed by atoms with Crippen LogP contribution in [0.3, 0.4) is 0 Å². The average molecular weight is 481 g/mol. The van der Waals surface area contributed by atoms with E-state index >= 15 is 0 Å². The summed E-state index contributed by atoms with van der Waals surface area (Å²) >= 11 is 0. The average Bonchev–Trinajstić information content (AvgIpc) is 3.42. The topological polar surface area (TPSA) is 82.6 Å². The molecule has 0 aliphatic carbocycles. The van der Waals surface area contributed by atoms with Gasteiger partial charge in [0.15, 0.2) is 0 Å². The van der Waals surface area contributed by atoms with Gasteiger partial charge in [-0.1, -0.05) is 48.0 Å². The molecule has 182 valence electrons. The second-order valence-corrected chi connectivity index (χ2v) is 8.97. The van der Waals surface area contributed by atoms with Crippen molar-refractivity contribution in [3.63, 3.8) is 0 Å². The molecule has 0 radical (unpaired) electrons. The molecule has 1 aliphatic heterocycles. The van der Waals surface area contributed by atoms with Crippen LogP contribution in [0.2, 0.25) is 0 Å². The number of hydrogen-bond acceptors (Lipinski definition) is 4. The lowest BCUT2D eigenvalue weighted by molar-refractivity contribution is -0.139. The van der Waals surface area contributed by atoms with Crippen LogP contribution in [0, 0.1) is 6.92 Å². The molecule has 1 saturated heterocycles. The van der Waals surface area contributed by atoms with Crippen LogP contribution in [-0.4, -0.2) is 39.8 Å². The van der Waals surface area contributed by atoms with Gasteiger partial charge in [-0.15, -0.1) is 0 Å². The molecule has 0 bridgehead atoms. The van der Waals surface area contributed by atoms with Crippen LogP contribution >= 0.6 is 0 Å². The number of aromatic nitrogens is 1. The number of hydrogen-bond donors (Lipinski definition) is 2. The van der Waals surface area contributed by atoms with Gasteiger partial charge in [-0.25, -0.2) is 0 Å². The van der Waals surface area contributed by atoms with E-state index in [1.807, 2.05) is 68.6 Å². The summed E-state index contributed by atoms with van der Waals surface area (Å²) in [6.45, 7) is 4.75. The fourth-order valence-corrected chi connectivity index (χ4v) is 4.82. The molecule has 36 heavy (non-hydrogen) atoms. The maximum Gasteiger partial charge on any atom is 0.295 e. The molecule has 1 fully saturated rings. The molecule has 4 aromatic rings. The Morgan fingerprint density at radius 2 is 1.72 bits per heavy atom. The molecule has 6 heteroatoms. The van der Waals surface area contributed by atoms with Crippen LogP contribution in [0.15, 0.2) is 84.6 Å². The zero-order chi connectivity index (χ0) is 25.2. The van der Waals surface area contributed by atoms with Gasteiger partial charge in [-0.3, -0.25) is 9.59 Å². The van der Waals surface area contributed by atoms with Gasteiger partial charge in [0, 0.05) is 29.2 Å². The normalized spacial score (nSPS) is 17.2. The van der Waals surface area contributed by atoms with Gasteiger partial charge >= 0.3 is 0 Å². The number of carbonyl (C=O) groups excluding carboxylic acids is 2. The molecule has 0 unspecified atom stereocenters. The Bertz CT molecular complexity index is 1450. The molecule has 5 rings (SSSR count). The number of nitrogens with zero attached hydrogens (tertiary/aromatic N) is 1. The SMILES string of the molecule is CCOc1ccc(C(O)=C2C(=O)C(=O)N(CCc3c[nH]c4ccccc34)[C@@H]2c2ccc(C)cc2)cc1. The zero-order valence-corrected chi connectivity index (χ0v) is 20.3. The number of nitrogens with one attached hydrogen (secondary N) is 1. The number of aliphatic hydroxyl groups is 1. The summed E-state index contributed by atoms with van der Waals surface area (Å²) in [5, 5.41) is 12.4. The number of rotatable bonds is 7. The summed E-state index contributed by atoms with van der Waals surface area (Å²) in [5.41, 5.74) is 4.52. The number of aryl methyl sites for hydroxylation is 1. The van der Waals surface area contributed by atoms with Gasteiger partial charge < -0.3 is 19.7 Å². The van der Waals surface area contributed by atoms with Crippen molar-refractivity contribution in [2.24, 2.45) is 0 Å². The van der Waals surface area contributed by atoms with Crippen molar-refractivity contribution in [1.82, 2.24) is 9.88 Å². The van der Waals surface area contributed by atoms with Crippen molar-refractivity contribution >= 4 is 28.4 Å². The number of benzene rings is 3. The number of aliphatic hydroxyl groups excluding tert-OH is 1. The van der Waals surface area contributed by atoms with Gasteiger partial charge in [0.05, 0.1) is 18.2 Å². The molecule has 1 aliphatic rings. The summed E-state index contributed by atoms with van der Waals surface area (Å²) in [4.78, 5) is 31.4. The van der Waals surface area contributed by atoms with E-state index in [9.17, 15) is 14.7 Å². The third-order valence-electron chi connectivity index (χ3n) is 6.67. The van der Waals surface area contributed by atoms with E-state index < -0.39 is 17.7 Å². The number of Topliss-reactive ketones (excluding diaryl/α,β-unsaturated/α-hetero) is 1. The highest BCUT2D eigenvalue weighted by atomic mass is 16.5. The van der Waals surface area contributed by atoms with Gasteiger partial charge in [0.2, 0.25) is 0 Å². The first-order chi connectivity index (χ1) is 17.5. The zero-order valence-electron chi connectivity index (χ0n) is 20.3. The predicted octanol–water partition coefficient (Wildman–Crippen LogP) is 5.54. The maximum absolute atomic E-state index is 13.3. The highest BCUT2D eigenvalue weighted by molar-refractivity contribution is 6.46. The fraction of sp³-hybridized carbons (Fsp3) is 0.200. The van der Waals surface area contributed by atoms with Crippen molar-refractivity contribution in [3.05, 3.63) is 107 Å². The Morgan fingerprint density at radius 3 is 2.44 bits per heavy atom. The van der Waals surface area contributed by atoms with Crippen molar-refractivity contribution in [2.75, 3.05) is 13.2 Å². The van der Waals surface area contributed by atoms with Crippen LogP contribution in [0.4, 0.5) is 0 Å². The Hall–Kier alpha value is -4.32. The number of likely N-dealkylation sites (tertiary alicyclic amines) is 1. The van der Waals surface area contributed by atoms with E-state index in [-0.39, 0.29) is 11.3 Å². The van der Waals surface area contributed by atoms with E-state index in [2.05, 4.69) is 4.98 Å². The molecule has 1 atom stereocenters. The molecular weight excluding hydrogens is 452 g/mol. The number of para-hydroxylation sites is 1. The van der Waals surface area contributed by atoms with Crippen molar-refractivity contribution in [3.8, 4) is 5.75 Å². The van der Waals surface area contributed by atoms with E-state index in [0.717, 1.165) is 27.6 Å². The molecule has 0 saturated carbocycles. The van der Waals surface area contributed by atoms with Gasteiger partial charge in [0.1, 0.15) is 11.5 Å². The van der Waals surface area contributed by atoms with Crippen LogP contribution < -0.4 is 4.74 Å². The second-order valence-electron chi connectivity index (χ2n) is 8.97. The Kier molecular flexibility index (Phi) is 6.34. The predicted molar refractivity (Wildman–Crippen MR) is 140 cm³/mol. The van der Waals surface area contributed by atoms with E-state index in [0.29, 0.717) is 30.9 Å². The molecule has 2 heterocycles. The Morgan fingerprint density at radius 1 is 1.00 bits per heavy atom. The quantitative estimate of drug-likeness (QED) is 0.207. The molecular formula is C30H28N2O4. The number of amides is 1. The van der Waals surface area contributed by atoms with E-state index in [1.165, 1.54) is 0 Å². The van der Waals surface area contributed by atoms with Crippen LogP contribution in [0.25, 0.3) is 16.7 Å². The Labute approximate surface area is 209 Å². The number of ketones is 1. The van der Waals surface area contributed by atoms with E-state index in [4.69, 9.17) is 4.74 Å². The van der Waals surface area contributed by atoms with Crippen LogP contribution in [-0.2, 0) is 16.0 Å². The molecule has 1 amide bonds. The largest absolute Gasteiger partial charge is 0.507 e. The third kappa shape index (κ3) is 4.26. The first kappa shape index (κ1) is 23.4. The van der Waals surface area contributed by atoms with Crippen molar-refractivity contribution < 1.29 is 19.4 Å². The summed E-state index contributed by atoms with van der Waals surface area (Å²) in [5.74, 6) is -0.793. The van der Waals surface area contributed by atoms with Crippen molar-refractivity contribution in [1.29, 1.82) is 0 Å². The van der Waals surface area contributed by atoms with Gasteiger partial charge in [0.25, 0.3) is 11.7 Å². The smallest absolute Gasteiger partial charge is 0.295 e. The minimum Gasteiger partial charge on any atom is -0.507 e. The number of ether oxygens (including phenoxy) is 1. The lowest BCUT2D eigenvalue weighted by Gasteiger charge is -2.25. The highest BCUT2D eigenvalue weighted by Gasteiger charge is 2.45. The summed E-state index contributed by atoms with van der Waals surface area (Å²) in [6.07, 6.45) is 2.52. The van der Waals surface area contributed by atoms with Crippen LogP contribution in [0.5, 0.6) is 5.75 Å². The van der Waals surface area contributed by atoms with Gasteiger partial charge in [-0.2, -0.15) is 0 Å². The molecule has 2 N–H and O–H groups in total. The summed E-state index contributed by atoms with van der Waals surface area (Å²) in [6, 6.07) is 21.9. The number of H-pyrrole nitrogens is 1. The monoisotopic (exact) mass is 480 g/mol. The number of fused-ring (bicyclic) bond motifs is 1. The summed E-state index contributed by atoms with van der Waals surface area (Å²) in [7, 11) is 0. The third-order valence-corrected chi connectivity index (χ3v) is 6.67. The molecule has 0 spiro atoms. The maximum atomic E-state index is 13.3. The summed E-state index contributed by atoms with van der Waals surface area (Å²) < 4.78 is 5.49.